The van der Waals surface area contributed by atoms with Crippen LogP contribution in [0.5, 0.6) is 0 Å². The first-order chi connectivity index (χ1) is 8.56. The molecule has 98 valence electrons. The monoisotopic (exact) mass is 270 g/mol. The van der Waals surface area contributed by atoms with E-state index in [4.69, 9.17) is 5.73 Å². The molecule has 6 nitrogen and oxygen atoms in total. The van der Waals surface area contributed by atoms with Crippen LogP contribution >= 0.6 is 11.3 Å². The molecule has 1 aromatic rings. The third-order valence-corrected chi connectivity index (χ3v) is 3.26. The smallest absolute Gasteiger partial charge is 0.350 e. The highest BCUT2D eigenvalue weighted by Gasteiger charge is 2.26. The maximum atomic E-state index is 11.6. The molecule has 0 atom stereocenters. The molecule has 0 saturated carbocycles. The average molecular weight is 270 g/mol. The number of methoxy groups -OCH3 is 2. The van der Waals surface area contributed by atoms with Crippen molar-refractivity contribution in [2.24, 2.45) is 0 Å². The van der Waals surface area contributed by atoms with Crippen molar-refractivity contribution in [1.82, 2.24) is 0 Å². The fraction of sp³-hybridized carbons (Fsp3) is 0.273. The Morgan fingerprint density at radius 2 is 2.00 bits per heavy atom. The highest BCUT2D eigenvalue weighted by Crippen LogP contribution is 2.36. The van der Waals surface area contributed by atoms with Crippen LogP contribution in [0.15, 0.2) is 12.7 Å². The Hall–Kier alpha value is -2.02. The molecule has 0 radical (unpaired) electrons. The lowest BCUT2D eigenvalue weighted by molar-refractivity contribution is 0.0602. The van der Waals surface area contributed by atoms with Gasteiger partial charge in [0, 0.05) is 6.54 Å². The van der Waals surface area contributed by atoms with Gasteiger partial charge < -0.3 is 20.5 Å². The minimum absolute atomic E-state index is 0.0604. The van der Waals surface area contributed by atoms with Crippen molar-refractivity contribution in [3.05, 3.63) is 23.1 Å². The molecule has 0 aliphatic carbocycles. The second kappa shape index (κ2) is 6.06. The minimum atomic E-state index is -0.606. The van der Waals surface area contributed by atoms with Crippen LogP contribution in [-0.2, 0) is 9.47 Å². The van der Waals surface area contributed by atoms with Gasteiger partial charge in [-0.3, -0.25) is 0 Å². The normalized spacial score (nSPS) is 9.67. The molecule has 0 amide bonds. The molecule has 0 fully saturated rings. The number of esters is 2. The van der Waals surface area contributed by atoms with Crippen LogP contribution in [0.2, 0.25) is 0 Å². The van der Waals surface area contributed by atoms with Gasteiger partial charge in [0.05, 0.1) is 19.9 Å². The first-order valence-electron chi connectivity index (χ1n) is 5.00. The van der Waals surface area contributed by atoms with Crippen molar-refractivity contribution >= 4 is 34.0 Å². The van der Waals surface area contributed by atoms with Gasteiger partial charge in [-0.15, -0.1) is 17.9 Å². The van der Waals surface area contributed by atoms with Crippen molar-refractivity contribution in [2.75, 3.05) is 31.8 Å². The van der Waals surface area contributed by atoms with Gasteiger partial charge in [0.2, 0.25) is 0 Å². The highest BCUT2D eigenvalue weighted by molar-refractivity contribution is 7.19. The minimum Gasteiger partial charge on any atom is -0.465 e. The molecule has 0 saturated heterocycles. The Morgan fingerprint density at radius 3 is 2.50 bits per heavy atom. The van der Waals surface area contributed by atoms with E-state index in [1.54, 1.807) is 6.08 Å². The lowest BCUT2D eigenvalue weighted by Gasteiger charge is -2.03. The summed E-state index contributed by atoms with van der Waals surface area (Å²) in [6.45, 7) is 3.99. The number of ether oxygens (including phenoxy) is 2. The lowest BCUT2D eigenvalue weighted by atomic mass is 10.2. The number of hydrogen-bond donors (Lipinski definition) is 2. The van der Waals surface area contributed by atoms with Crippen LogP contribution in [0.1, 0.15) is 20.0 Å². The van der Waals surface area contributed by atoms with Crippen LogP contribution < -0.4 is 11.1 Å². The molecule has 1 rings (SSSR count). The van der Waals surface area contributed by atoms with Crippen LogP contribution in [0.4, 0.5) is 10.7 Å². The van der Waals surface area contributed by atoms with Gasteiger partial charge in [-0.2, -0.15) is 0 Å². The Bertz CT molecular complexity index is 482. The summed E-state index contributed by atoms with van der Waals surface area (Å²) in [5, 5.41) is 3.39. The van der Waals surface area contributed by atoms with Crippen molar-refractivity contribution in [3.8, 4) is 0 Å². The molecule has 0 bridgehead atoms. The van der Waals surface area contributed by atoms with Crippen LogP contribution in [0.25, 0.3) is 0 Å². The first-order valence-corrected chi connectivity index (χ1v) is 5.82. The topological polar surface area (TPSA) is 90.6 Å². The molecule has 0 aromatic carbocycles. The van der Waals surface area contributed by atoms with Crippen molar-refractivity contribution in [3.63, 3.8) is 0 Å². The number of anilines is 2. The van der Waals surface area contributed by atoms with E-state index in [1.165, 1.54) is 14.2 Å². The fourth-order valence-electron chi connectivity index (χ4n) is 1.28. The quantitative estimate of drug-likeness (QED) is 0.622. The SMILES string of the molecule is C=CCNc1sc(C(=O)OC)c(N)c1C(=O)OC. The number of carbonyl (C=O) groups excluding carboxylic acids is 2. The van der Waals surface area contributed by atoms with Crippen LogP contribution in [0, 0.1) is 0 Å². The maximum absolute atomic E-state index is 11.6. The molecule has 0 unspecified atom stereocenters. The highest BCUT2D eigenvalue weighted by atomic mass is 32.1. The van der Waals surface area contributed by atoms with Gasteiger partial charge in [-0.05, 0) is 0 Å². The molecule has 3 N–H and O–H groups in total. The summed E-state index contributed by atoms with van der Waals surface area (Å²) >= 11 is 1.04. The van der Waals surface area contributed by atoms with Gasteiger partial charge in [-0.25, -0.2) is 9.59 Å². The second-order valence-electron chi connectivity index (χ2n) is 3.20. The van der Waals surface area contributed by atoms with Crippen LogP contribution in [-0.4, -0.2) is 32.7 Å². The summed E-state index contributed by atoms with van der Waals surface area (Å²) in [6, 6.07) is 0. The second-order valence-corrected chi connectivity index (χ2v) is 4.22. The first kappa shape index (κ1) is 14.0. The molecule has 18 heavy (non-hydrogen) atoms. The molecule has 0 aliphatic heterocycles. The van der Waals surface area contributed by atoms with E-state index in [1.807, 2.05) is 0 Å². The summed E-state index contributed by atoms with van der Waals surface area (Å²) in [4.78, 5) is 23.3. The Balaban J connectivity index is 3.26. The van der Waals surface area contributed by atoms with E-state index < -0.39 is 11.9 Å². The molecular weight excluding hydrogens is 256 g/mol. The molecule has 1 heterocycles. The van der Waals surface area contributed by atoms with Gasteiger partial charge in [0.1, 0.15) is 15.4 Å². The zero-order valence-corrected chi connectivity index (χ0v) is 10.9. The third kappa shape index (κ3) is 2.62. The number of nitrogens with one attached hydrogen (secondary N) is 1. The Kier molecular flexibility index (Phi) is 4.73. The maximum Gasteiger partial charge on any atom is 0.350 e. The van der Waals surface area contributed by atoms with E-state index in [9.17, 15) is 9.59 Å². The number of rotatable bonds is 5. The van der Waals surface area contributed by atoms with Crippen molar-refractivity contribution < 1.29 is 19.1 Å². The predicted molar refractivity (Wildman–Crippen MR) is 70.1 cm³/mol. The van der Waals surface area contributed by atoms with E-state index >= 15 is 0 Å². The van der Waals surface area contributed by atoms with E-state index in [0.29, 0.717) is 11.5 Å². The fourth-order valence-corrected chi connectivity index (χ4v) is 2.32. The number of nitrogens with two attached hydrogens (primary N) is 1. The van der Waals surface area contributed by atoms with E-state index in [2.05, 4.69) is 21.4 Å². The Morgan fingerprint density at radius 1 is 1.39 bits per heavy atom. The summed E-state index contributed by atoms with van der Waals surface area (Å²) in [5.74, 6) is -1.19. The number of thiophene rings is 1. The number of nitrogen functional groups attached to an aromatic ring is 1. The summed E-state index contributed by atoms with van der Waals surface area (Å²) in [6.07, 6.45) is 1.62. The lowest BCUT2D eigenvalue weighted by Crippen LogP contribution is -2.09. The van der Waals surface area contributed by atoms with Gasteiger partial charge in [0.15, 0.2) is 0 Å². The van der Waals surface area contributed by atoms with E-state index in [-0.39, 0.29) is 16.1 Å². The number of carbonyl (C=O) groups is 2. The molecule has 0 aliphatic rings. The molecular formula is C11H14N2O4S. The van der Waals surface area contributed by atoms with Gasteiger partial charge >= 0.3 is 11.9 Å². The van der Waals surface area contributed by atoms with Crippen molar-refractivity contribution in [1.29, 1.82) is 0 Å². The largest absolute Gasteiger partial charge is 0.465 e. The summed E-state index contributed by atoms with van der Waals surface area (Å²) in [5.41, 5.74) is 5.98. The van der Waals surface area contributed by atoms with Gasteiger partial charge in [0.25, 0.3) is 0 Å². The zero-order valence-electron chi connectivity index (χ0n) is 10.1. The average Bonchev–Trinajstić information content (AvgIpc) is 2.71. The summed E-state index contributed by atoms with van der Waals surface area (Å²) < 4.78 is 9.23. The Labute approximate surface area is 108 Å². The molecule has 0 spiro atoms. The zero-order chi connectivity index (χ0) is 13.7. The molecule has 1 aromatic heterocycles. The summed E-state index contributed by atoms with van der Waals surface area (Å²) in [7, 11) is 2.49. The molecule has 7 heteroatoms. The number of hydrogen-bond acceptors (Lipinski definition) is 7. The van der Waals surface area contributed by atoms with E-state index in [0.717, 1.165) is 11.3 Å². The van der Waals surface area contributed by atoms with Crippen molar-refractivity contribution in [2.45, 2.75) is 0 Å². The van der Waals surface area contributed by atoms with Gasteiger partial charge in [-0.1, -0.05) is 6.08 Å². The predicted octanol–water partition coefficient (Wildman–Crippen LogP) is 1.50. The van der Waals surface area contributed by atoms with Crippen LogP contribution in [0.3, 0.4) is 0 Å². The third-order valence-electron chi connectivity index (χ3n) is 2.11. The standard InChI is InChI=1S/C11H14N2O4S/c1-4-5-13-9-6(10(14)16-2)7(12)8(18-9)11(15)17-3/h4,13H,1,5,12H2,2-3H3.